The minimum absolute atomic E-state index is 0.328. The molecule has 6 heteroatoms. The van der Waals surface area contributed by atoms with E-state index in [0.717, 1.165) is 17.2 Å². The van der Waals surface area contributed by atoms with Crippen molar-refractivity contribution in [1.29, 1.82) is 0 Å². The molecule has 0 saturated heterocycles. The molecule has 1 N–H and O–H groups in total. The third-order valence-electron chi connectivity index (χ3n) is 3.06. The van der Waals surface area contributed by atoms with Crippen molar-refractivity contribution < 1.29 is 4.74 Å². The summed E-state index contributed by atoms with van der Waals surface area (Å²) in [4.78, 5) is 6.76. The normalized spacial score (nSPS) is 12.9. The molecule has 3 rings (SSSR count). The molecule has 0 bridgehead atoms. The van der Waals surface area contributed by atoms with Crippen molar-refractivity contribution in [2.24, 2.45) is 0 Å². The fourth-order valence-electron chi connectivity index (χ4n) is 2.03. The fraction of sp³-hybridized carbons (Fsp3) is 0.308. The maximum Gasteiger partial charge on any atom is 0.237 e. The minimum Gasteiger partial charge on any atom is -0.480 e. The van der Waals surface area contributed by atoms with Gasteiger partial charge in [0, 0.05) is 29.0 Å². The van der Waals surface area contributed by atoms with E-state index in [0.29, 0.717) is 11.9 Å². The van der Waals surface area contributed by atoms with Gasteiger partial charge in [0.25, 0.3) is 0 Å². The zero-order valence-electron chi connectivity index (χ0n) is 10.8. The Balaban J connectivity index is 1.79. The second-order valence-electron chi connectivity index (χ2n) is 4.24. The molecular weight excluding hydrogens is 278 g/mol. The van der Waals surface area contributed by atoms with Gasteiger partial charge in [-0.25, -0.2) is 0 Å². The lowest BCUT2D eigenvalue weighted by molar-refractivity contribution is 0.391. The SMILES string of the molecule is COc1nc2sccn2c1CNC(C)c1cccs1. The van der Waals surface area contributed by atoms with Crippen LogP contribution in [-0.4, -0.2) is 16.5 Å². The molecule has 3 heterocycles. The number of thiazole rings is 1. The minimum atomic E-state index is 0.328. The Morgan fingerprint density at radius 3 is 3.05 bits per heavy atom. The van der Waals surface area contributed by atoms with Gasteiger partial charge in [0.15, 0.2) is 4.96 Å². The predicted octanol–water partition coefficient (Wildman–Crippen LogP) is 3.32. The van der Waals surface area contributed by atoms with Crippen LogP contribution in [0, 0.1) is 0 Å². The van der Waals surface area contributed by atoms with Crippen molar-refractivity contribution in [2.45, 2.75) is 19.5 Å². The molecule has 0 aliphatic carbocycles. The van der Waals surface area contributed by atoms with Crippen LogP contribution in [0.4, 0.5) is 0 Å². The summed E-state index contributed by atoms with van der Waals surface area (Å²) >= 11 is 3.39. The summed E-state index contributed by atoms with van der Waals surface area (Å²) < 4.78 is 7.43. The van der Waals surface area contributed by atoms with Gasteiger partial charge in [-0.1, -0.05) is 6.07 Å². The van der Waals surface area contributed by atoms with Crippen LogP contribution < -0.4 is 10.1 Å². The lowest BCUT2D eigenvalue weighted by Gasteiger charge is -2.12. The van der Waals surface area contributed by atoms with E-state index in [-0.39, 0.29) is 0 Å². The number of ether oxygens (including phenoxy) is 1. The average Bonchev–Trinajstić information content (AvgIpc) is 3.12. The van der Waals surface area contributed by atoms with Crippen molar-refractivity contribution in [1.82, 2.24) is 14.7 Å². The first-order valence-corrected chi connectivity index (χ1v) is 7.80. The van der Waals surface area contributed by atoms with E-state index in [2.05, 4.69) is 39.1 Å². The smallest absolute Gasteiger partial charge is 0.237 e. The van der Waals surface area contributed by atoms with Gasteiger partial charge in [-0.05, 0) is 18.4 Å². The summed E-state index contributed by atoms with van der Waals surface area (Å²) in [6.07, 6.45) is 2.03. The second kappa shape index (κ2) is 5.32. The van der Waals surface area contributed by atoms with E-state index < -0.39 is 0 Å². The maximum absolute atomic E-state index is 5.35. The van der Waals surface area contributed by atoms with Gasteiger partial charge in [-0.3, -0.25) is 4.40 Å². The van der Waals surface area contributed by atoms with E-state index in [9.17, 15) is 0 Å². The number of nitrogens with zero attached hydrogens (tertiary/aromatic N) is 2. The Labute approximate surface area is 119 Å². The zero-order valence-corrected chi connectivity index (χ0v) is 12.4. The quantitative estimate of drug-likeness (QED) is 0.784. The number of nitrogens with one attached hydrogen (secondary N) is 1. The molecule has 3 aromatic heterocycles. The molecule has 0 aliphatic heterocycles. The van der Waals surface area contributed by atoms with Gasteiger partial charge in [0.05, 0.1) is 7.11 Å². The predicted molar refractivity (Wildman–Crippen MR) is 79.2 cm³/mol. The first kappa shape index (κ1) is 12.7. The molecule has 0 spiro atoms. The molecule has 1 unspecified atom stereocenters. The Morgan fingerprint density at radius 2 is 2.32 bits per heavy atom. The second-order valence-corrected chi connectivity index (χ2v) is 6.09. The van der Waals surface area contributed by atoms with Crippen LogP contribution in [0.5, 0.6) is 5.88 Å². The molecule has 1 atom stereocenters. The molecule has 0 aliphatic rings. The van der Waals surface area contributed by atoms with Crippen molar-refractivity contribution in [2.75, 3.05) is 7.11 Å². The van der Waals surface area contributed by atoms with Crippen LogP contribution in [0.25, 0.3) is 4.96 Å². The highest BCUT2D eigenvalue weighted by molar-refractivity contribution is 7.15. The number of hydrogen-bond donors (Lipinski definition) is 1. The van der Waals surface area contributed by atoms with Gasteiger partial charge >= 0.3 is 0 Å². The van der Waals surface area contributed by atoms with Crippen molar-refractivity contribution in [3.63, 3.8) is 0 Å². The van der Waals surface area contributed by atoms with Crippen molar-refractivity contribution in [3.8, 4) is 5.88 Å². The summed E-state index contributed by atoms with van der Waals surface area (Å²) in [5.41, 5.74) is 1.07. The van der Waals surface area contributed by atoms with Crippen LogP contribution in [0.3, 0.4) is 0 Å². The Bertz CT molecular complexity index is 657. The highest BCUT2D eigenvalue weighted by atomic mass is 32.1. The molecule has 4 nitrogen and oxygen atoms in total. The summed E-state index contributed by atoms with van der Waals surface area (Å²) in [6.45, 7) is 2.91. The average molecular weight is 293 g/mol. The first-order chi connectivity index (χ1) is 9.29. The van der Waals surface area contributed by atoms with Gasteiger partial charge in [-0.2, -0.15) is 4.98 Å². The first-order valence-electron chi connectivity index (χ1n) is 6.05. The number of imidazole rings is 1. The maximum atomic E-state index is 5.35. The van der Waals surface area contributed by atoms with Crippen molar-refractivity contribution in [3.05, 3.63) is 39.7 Å². The topological polar surface area (TPSA) is 38.6 Å². The molecule has 100 valence electrons. The van der Waals surface area contributed by atoms with Crippen LogP contribution in [0.15, 0.2) is 29.1 Å². The number of hydrogen-bond acceptors (Lipinski definition) is 5. The summed E-state index contributed by atoms with van der Waals surface area (Å²) in [5, 5.41) is 7.66. The Morgan fingerprint density at radius 1 is 1.42 bits per heavy atom. The van der Waals surface area contributed by atoms with Gasteiger partial charge in [-0.15, -0.1) is 22.7 Å². The number of thiophene rings is 1. The lowest BCUT2D eigenvalue weighted by Crippen LogP contribution is -2.18. The van der Waals surface area contributed by atoms with E-state index in [4.69, 9.17) is 4.74 Å². The summed E-state index contributed by atoms with van der Waals surface area (Å²) in [7, 11) is 1.67. The summed E-state index contributed by atoms with van der Waals surface area (Å²) in [6, 6.07) is 4.55. The number of methoxy groups -OCH3 is 1. The number of fused-ring (bicyclic) bond motifs is 1. The number of aromatic nitrogens is 2. The van der Waals surface area contributed by atoms with Crippen molar-refractivity contribution >= 4 is 27.6 Å². The number of rotatable bonds is 5. The zero-order chi connectivity index (χ0) is 13.2. The third kappa shape index (κ3) is 2.39. The van der Waals surface area contributed by atoms with E-state index >= 15 is 0 Å². The molecular formula is C13H15N3OS2. The molecule has 0 saturated carbocycles. The fourth-order valence-corrected chi connectivity index (χ4v) is 3.51. The Hall–Kier alpha value is -1.37. The highest BCUT2D eigenvalue weighted by Crippen LogP contribution is 2.24. The monoisotopic (exact) mass is 293 g/mol. The highest BCUT2D eigenvalue weighted by Gasteiger charge is 2.15. The van der Waals surface area contributed by atoms with Gasteiger partial charge in [0.1, 0.15) is 5.69 Å². The molecule has 3 aromatic rings. The molecule has 19 heavy (non-hydrogen) atoms. The molecule has 0 fully saturated rings. The van der Waals surface area contributed by atoms with Crippen LogP contribution in [0.1, 0.15) is 23.5 Å². The largest absolute Gasteiger partial charge is 0.480 e. The third-order valence-corrected chi connectivity index (χ3v) is 4.87. The summed E-state index contributed by atoms with van der Waals surface area (Å²) in [5.74, 6) is 0.706. The standard InChI is InChI=1S/C13H15N3OS2/c1-9(11-4-3-6-18-11)14-8-10-12(17-2)15-13-16(10)5-7-19-13/h3-7,9,14H,8H2,1-2H3. The van der Waals surface area contributed by atoms with E-state index in [1.165, 1.54) is 4.88 Å². The van der Waals surface area contributed by atoms with E-state index in [1.807, 2.05) is 11.6 Å². The molecule has 0 radical (unpaired) electrons. The molecule has 0 aromatic carbocycles. The van der Waals surface area contributed by atoms with Gasteiger partial charge < -0.3 is 10.1 Å². The Kier molecular flexibility index (Phi) is 3.54. The van der Waals surface area contributed by atoms with Crippen LogP contribution in [-0.2, 0) is 6.54 Å². The lowest BCUT2D eigenvalue weighted by atomic mass is 10.2. The molecule has 0 amide bonds. The van der Waals surface area contributed by atoms with Gasteiger partial charge in [0.2, 0.25) is 5.88 Å². The van der Waals surface area contributed by atoms with Crippen LogP contribution >= 0.6 is 22.7 Å². The van der Waals surface area contributed by atoms with Crippen LogP contribution in [0.2, 0.25) is 0 Å². The van der Waals surface area contributed by atoms with E-state index in [1.54, 1.807) is 29.8 Å².